The first-order valence-electron chi connectivity index (χ1n) is 8.64. The Morgan fingerprint density at radius 1 is 1.37 bits per heavy atom. The average Bonchev–Trinajstić information content (AvgIpc) is 3.22. The third-order valence-corrected chi connectivity index (χ3v) is 5.58. The van der Waals surface area contributed by atoms with Crippen LogP contribution >= 0.6 is 0 Å². The van der Waals surface area contributed by atoms with Crippen LogP contribution in [0, 0.1) is 19.3 Å². The highest BCUT2D eigenvalue weighted by molar-refractivity contribution is 5.97. The average molecular weight is 372 g/mol. The number of nitrogens with zero attached hydrogens (tertiary/aromatic N) is 2. The molecule has 4 rings (SSSR count). The summed E-state index contributed by atoms with van der Waals surface area (Å²) in [5, 5.41) is 13.8. The molecule has 0 radical (unpaired) electrons. The number of carboxylic acid groups (broad SMARTS) is 1. The highest BCUT2D eigenvalue weighted by Gasteiger charge is 2.58. The van der Waals surface area contributed by atoms with Gasteiger partial charge in [-0.3, -0.25) is 9.59 Å². The molecule has 1 saturated heterocycles. The van der Waals surface area contributed by atoms with Crippen LogP contribution < -0.4 is 9.47 Å². The molecule has 2 atom stereocenters. The number of hydrogen-bond acceptors (Lipinski definition) is 6. The van der Waals surface area contributed by atoms with Crippen molar-refractivity contribution in [2.75, 3.05) is 26.8 Å². The van der Waals surface area contributed by atoms with Crippen molar-refractivity contribution < 1.29 is 28.7 Å². The lowest BCUT2D eigenvalue weighted by molar-refractivity contribution is -0.151. The number of aromatic nitrogens is 1. The molecule has 8 heteroatoms. The van der Waals surface area contributed by atoms with Crippen LogP contribution in [0.4, 0.5) is 0 Å². The summed E-state index contributed by atoms with van der Waals surface area (Å²) in [7, 11) is 1.54. The summed E-state index contributed by atoms with van der Waals surface area (Å²) < 4.78 is 16.3. The van der Waals surface area contributed by atoms with Crippen molar-refractivity contribution in [2.45, 2.75) is 19.8 Å². The molecule has 1 fully saturated rings. The molecule has 2 aromatic rings. The van der Waals surface area contributed by atoms with Gasteiger partial charge in [0.25, 0.3) is 5.91 Å². The standard InChI is InChI=1S/C19H20N2O6/c1-10-15(11(2)27-20-10)17(22)21-7-13-12-5-4-6-14(25-3)16(12)26-9-19(13,8-21)18(23)24/h4-6,13H,7-9H2,1-3H3,(H,23,24)/t13-,19-/m0/s1. The third kappa shape index (κ3) is 2.39. The van der Waals surface area contributed by atoms with E-state index in [1.54, 1.807) is 38.0 Å². The van der Waals surface area contributed by atoms with Crippen LogP contribution in [-0.4, -0.2) is 53.8 Å². The molecule has 142 valence electrons. The lowest BCUT2D eigenvalue weighted by Crippen LogP contribution is -2.46. The fourth-order valence-electron chi connectivity index (χ4n) is 4.16. The summed E-state index contributed by atoms with van der Waals surface area (Å²) >= 11 is 0. The Morgan fingerprint density at radius 2 is 2.15 bits per heavy atom. The van der Waals surface area contributed by atoms with Crippen LogP contribution in [0.5, 0.6) is 11.5 Å². The van der Waals surface area contributed by atoms with E-state index in [-0.39, 0.29) is 25.6 Å². The minimum absolute atomic E-state index is 0.0221. The molecular formula is C19H20N2O6. The summed E-state index contributed by atoms with van der Waals surface area (Å²) in [4.78, 5) is 26.8. The molecule has 0 saturated carbocycles. The quantitative estimate of drug-likeness (QED) is 0.879. The first kappa shape index (κ1) is 17.4. The fraction of sp³-hybridized carbons (Fsp3) is 0.421. The van der Waals surface area contributed by atoms with Crippen LogP contribution in [0.2, 0.25) is 0 Å². The van der Waals surface area contributed by atoms with Crippen molar-refractivity contribution >= 4 is 11.9 Å². The fourth-order valence-corrected chi connectivity index (χ4v) is 4.16. The van der Waals surface area contributed by atoms with Gasteiger partial charge in [0.15, 0.2) is 11.5 Å². The Labute approximate surface area is 155 Å². The van der Waals surface area contributed by atoms with Crippen LogP contribution in [0.25, 0.3) is 0 Å². The van der Waals surface area contributed by atoms with Crippen LogP contribution in [-0.2, 0) is 4.79 Å². The summed E-state index contributed by atoms with van der Waals surface area (Å²) in [6.07, 6.45) is 0. The van der Waals surface area contributed by atoms with Crippen molar-refractivity contribution in [3.8, 4) is 11.5 Å². The van der Waals surface area contributed by atoms with E-state index >= 15 is 0 Å². The molecule has 0 spiro atoms. The molecular weight excluding hydrogens is 352 g/mol. The molecule has 1 amide bonds. The minimum Gasteiger partial charge on any atom is -0.493 e. The maximum atomic E-state index is 13.1. The van der Waals surface area contributed by atoms with E-state index in [1.807, 2.05) is 6.07 Å². The summed E-state index contributed by atoms with van der Waals surface area (Å²) in [5.74, 6) is -0.107. The number of hydrogen-bond donors (Lipinski definition) is 1. The maximum Gasteiger partial charge on any atom is 0.315 e. The van der Waals surface area contributed by atoms with Crippen LogP contribution in [0.3, 0.4) is 0 Å². The second kappa shape index (κ2) is 6.00. The number of aliphatic carboxylic acids is 1. The van der Waals surface area contributed by atoms with Gasteiger partial charge in [0.1, 0.15) is 23.3 Å². The van der Waals surface area contributed by atoms with Gasteiger partial charge in [0, 0.05) is 24.6 Å². The highest BCUT2D eigenvalue weighted by atomic mass is 16.5. The SMILES string of the molecule is COc1cccc2c1OC[C@@]1(C(=O)O)CN(C(=O)c3c(C)noc3C)C[C@@H]21. The Hall–Kier alpha value is -3.03. The molecule has 0 bridgehead atoms. The van der Waals surface area contributed by atoms with E-state index in [2.05, 4.69) is 5.16 Å². The molecule has 2 aliphatic heterocycles. The topological polar surface area (TPSA) is 102 Å². The molecule has 0 aliphatic carbocycles. The zero-order valence-corrected chi connectivity index (χ0v) is 15.3. The number of fused-ring (bicyclic) bond motifs is 3. The number of benzene rings is 1. The Morgan fingerprint density at radius 3 is 2.78 bits per heavy atom. The third-order valence-electron chi connectivity index (χ3n) is 5.58. The van der Waals surface area contributed by atoms with E-state index in [9.17, 15) is 14.7 Å². The minimum atomic E-state index is -1.20. The Bertz CT molecular complexity index is 917. The first-order valence-corrected chi connectivity index (χ1v) is 8.64. The number of aryl methyl sites for hydroxylation is 2. The number of ether oxygens (including phenoxy) is 2. The van der Waals surface area contributed by atoms with E-state index in [4.69, 9.17) is 14.0 Å². The second-order valence-electron chi connectivity index (χ2n) is 7.07. The molecule has 3 heterocycles. The number of rotatable bonds is 3. The predicted octanol–water partition coefficient (Wildman–Crippen LogP) is 2.00. The van der Waals surface area contributed by atoms with Crippen molar-refractivity contribution in [2.24, 2.45) is 5.41 Å². The zero-order valence-electron chi connectivity index (χ0n) is 15.3. The molecule has 8 nitrogen and oxygen atoms in total. The van der Waals surface area contributed by atoms with E-state index < -0.39 is 17.3 Å². The number of carbonyl (C=O) groups excluding carboxylic acids is 1. The normalized spacial score (nSPS) is 23.4. The molecule has 27 heavy (non-hydrogen) atoms. The van der Waals surface area contributed by atoms with Gasteiger partial charge in [-0.25, -0.2) is 0 Å². The van der Waals surface area contributed by atoms with Crippen molar-refractivity contribution in [3.05, 3.63) is 40.8 Å². The van der Waals surface area contributed by atoms with E-state index in [1.165, 1.54) is 0 Å². The smallest absolute Gasteiger partial charge is 0.315 e. The highest BCUT2D eigenvalue weighted by Crippen LogP contribution is 2.52. The van der Waals surface area contributed by atoms with E-state index in [0.717, 1.165) is 5.56 Å². The molecule has 1 aromatic heterocycles. The van der Waals surface area contributed by atoms with Gasteiger partial charge in [-0.15, -0.1) is 0 Å². The largest absolute Gasteiger partial charge is 0.493 e. The Balaban J connectivity index is 1.76. The van der Waals surface area contributed by atoms with Crippen molar-refractivity contribution in [1.29, 1.82) is 0 Å². The van der Waals surface area contributed by atoms with Gasteiger partial charge in [-0.05, 0) is 19.9 Å². The van der Waals surface area contributed by atoms with Gasteiger partial charge in [-0.1, -0.05) is 17.3 Å². The van der Waals surface area contributed by atoms with Gasteiger partial charge in [0.2, 0.25) is 0 Å². The number of amides is 1. The van der Waals surface area contributed by atoms with Gasteiger partial charge in [0.05, 0.1) is 12.8 Å². The summed E-state index contributed by atoms with van der Waals surface area (Å²) in [6.45, 7) is 3.69. The maximum absolute atomic E-state index is 13.1. The zero-order chi connectivity index (χ0) is 19.3. The molecule has 1 aromatic carbocycles. The van der Waals surface area contributed by atoms with Crippen LogP contribution in [0.15, 0.2) is 22.7 Å². The molecule has 1 N–H and O–H groups in total. The summed E-state index contributed by atoms with van der Waals surface area (Å²) in [6, 6.07) is 5.41. The van der Waals surface area contributed by atoms with Gasteiger partial charge in [-0.2, -0.15) is 0 Å². The number of likely N-dealkylation sites (tertiary alicyclic amines) is 1. The molecule has 2 aliphatic rings. The van der Waals surface area contributed by atoms with Crippen molar-refractivity contribution in [3.63, 3.8) is 0 Å². The number of para-hydroxylation sites is 1. The number of carbonyl (C=O) groups is 2. The first-order chi connectivity index (χ1) is 12.9. The predicted molar refractivity (Wildman–Crippen MR) is 93.2 cm³/mol. The van der Waals surface area contributed by atoms with E-state index in [0.29, 0.717) is 28.5 Å². The van der Waals surface area contributed by atoms with Gasteiger partial charge < -0.3 is 24.0 Å². The van der Waals surface area contributed by atoms with Gasteiger partial charge >= 0.3 is 5.97 Å². The monoisotopic (exact) mass is 372 g/mol. The second-order valence-corrected chi connectivity index (χ2v) is 7.07. The lowest BCUT2D eigenvalue weighted by Gasteiger charge is -2.36. The summed E-state index contributed by atoms with van der Waals surface area (Å²) in [5.41, 5.74) is 0.432. The van der Waals surface area contributed by atoms with Crippen LogP contribution in [0.1, 0.15) is 33.3 Å². The number of methoxy groups -OCH3 is 1. The van der Waals surface area contributed by atoms with Crippen molar-refractivity contribution in [1.82, 2.24) is 10.1 Å². The molecule has 0 unspecified atom stereocenters. The lowest BCUT2D eigenvalue weighted by atomic mass is 9.73. The number of carboxylic acids is 1. The Kier molecular flexibility index (Phi) is 3.87.